The van der Waals surface area contributed by atoms with Crippen LogP contribution in [-0.2, 0) is 0 Å². The molecule has 0 radical (unpaired) electrons. The van der Waals surface area contributed by atoms with Crippen LogP contribution in [0.25, 0.3) is 0 Å². The van der Waals surface area contributed by atoms with E-state index in [4.69, 9.17) is 0 Å². The van der Waals surface area contributed by atoms with E-state index in [1.165, 1.54) is 39.3 Å². The SMILES string of the molecule is CCN(CC)CC.CCN(CC)CC.CN1C=CC=CC1.F.F.F. The minimum absolute atomic E-state index is 0. The number of halogens is 3. The summed E-state index contributed by atoms with van der Waals surface area (Å²) in [6.45, 7) is 21.3. The molecule has 0 aromatic heterocycles. The summed E-state index contributed by atoms with van der Waals surface area (Å²) in [7, 11) is 2.06. The lowest BCUT2D eigenvalue weighted by atomic mass is 10.4. The molecule has 0 unspecified atom stereocenters. The number of likely N-dealkylation sites (N-methyl/N-ethyl adjacent to an activating group) is 1. The summed E-state index contributed by atoms with van der Waals surface area (Å²) < 4.78 is 0. The van der Waals surface area contributed by atoms with Crippen LogP contribution < -0.4 is 0 Å². The van der Waals surface area contributed by atoms with Crippen molar-refractivity contribution in [1.29, 1.82) is 0 Å². The maximum absolute atomic E-state index is 2.38. The molecule has 0 saturated carbocycles. The average Bonchev–Trinajstić information content (AvgIpc) is 2.53. The van der Waals surface area contributed by atoms with Crippen LogP contribution >= 0.6 is 0 Å². The summed E-state index contributed by atoms with van der Waals surface area (Å²) in [4.78, 5) is 6.88. The summed E-state index contributed by atoms with van der Waals surface area (Å²) in [5.74, 6) is 0. The Labute approximate surface area is 148 Å². The van der Waals surface area contributed by atoms with Gasteiger partial charge in [-0.1, -0.05) is 53.7 Å². The lowest BCUT2D eigenvalue weighted by molar-refractivity contribution is 0.321. The Bertz CT molecular complexity index is 231. The molecule has 3 nitrogen and oxygen atoms in total. The second-order valence-electron chi connectivity index (χ2n) is 4.95. The van der Waals surface area contributed by atoms with E-state index in [0.717, 1.165) is 6.54 Å². The van der Waals surface area contributed by atoms with Crippen molar-refractivity contribution in [2.75, 3.05) is 52.9 Å². The molecule has 0 aromatic carbocycles. The Morgan fingerprint density at radius 1 is 0.667 bits per heavy atom. The first kappa shape index (κ1) is 34.4. The first-order chi connectivity index (χ1) is 10.1. The van der Waals surface area contributed by atoms with Gasteiger partial charge in [-0.25, -0.2) is 0 Å². The van der Waals surface area contributed by atoms with Crippen LogP contribution in [-0.4, -0.2) is 67.6 Å². The molecule has 0 saturated heterocycles. The van der Waals surface area contributed by atoms with Crippen molar-refractivity contribution >= 4 is 0 Å². The molecule has 0 aliphatic carbocycles. The number of rotatable bonds is 6. The summed E-state index contributed by atoms with van der Waals surface area (Å²) >= 11 is 0. The van der Waals surface area contributed by atoms with Gasteiger partial charge < -0.3 is 14.7 Å². The standard InChI is InChI=1S/C6H9N.2C6H15N.3FH/c1-7-5-3-2-4-6-7;2*1-4-7(5-2)6-3;;;/h2-5H,6H2,1H3;2*4-6H2,1-3H3;3*1H. The van der Waals surface area contributed by atoms with Crippen molar-refractivity contribution in [1.82, 2.24) is 14.7 Å². The number of hydrogen-bond acceptors (Lipinski definition) is 3. The minimum atomic E-state index is 0. The molecule has 24 heavy (non-hydrogen) atoms. The second kappa shape index (κ2) is 26.9. The fourth-order valence-electron chi connectivity index (χ4n) is 1.90. The topological polar surface area (TPSA) is 9.72 Å². The molecule has 0 bridgehead atoms. The van der Waals surface area contributed by atoms with Crippen LogP contribution in [0, 0.1) is 0 Å². The molecule has 1 rings (SSSR count). The lowest BCUT2D eigenvalue weighted by Gasteiger charge is -2.13. The molecule has 0 amide bonds. The van der Waals surface area contributed by atoms with Gasteiger partial charge in [0.2, 0.25) is 0 Å². The Morgan fingerprint density at radius 2 is 1.00 bits per heavy atom. The van der Waals surface area contributed by atoms with Gasteiger partial charge in [-0.3, -0.25) is 14.1 Å². The largest absolute Gasteiger partial charge is 0.377 e. The Balaban J connectivity index is -0.0000000708. The molecule has 0 spiro atoms. The zero-order valence-corrected chi connectivity index (χ0v) is 16.8. The van der Waals surface area contributed by atoms with Crippen LogP contribution in [0.15, 0.2) is 24.4 Å². The highest BCUT2D eigenvalue weighted by molar-refractivity contribution is 5.07. The molecular formula is C18H42F3N3. The molecule has 0 aromatic rings. The second-order valence-corrected chi connectivity index (χ2v) is 4.95. The maximum Gasteiger partial charge on any atom is 0.0353 e. The van der Waals surface area contributed by atoms with Crippen LogP contribution in [0.2, 0.25) is 0 Å². The molecule has 150 valence electrons. The van der Waals surface area contributed by atoms with Gasteiger partial charge in [0.1, 0.15) is 0 Å². The average molecular weight is 358 g/mol. The van der Waals surface area contributed by atoms with Gasteiger partial charge in [-0.15, -0.1) is 0 Å². The van der Waals surface area contributed by atoms with E-state index in [0.29, 0.717) is 0 Å². The molecule has 0 fully saturated rings. The van der Waals surface area contributed by atoms with E-state index in [2.05, 4.69) is 81.6 Å². The first-order valence-electron chi connectivity index (χ1n) is 8.57. The maximum atomic E-state index is 2.38. The van der Waals surface area contributed by atoms with E-state index in [-0.39, 0.29) is 14.1 Å². The van der Waals surface area contributed by atoms with Crippen LogP contribution in [0.1, 0.15) is 41.5 Å². The fraction of sp³-hybridized carbons (Fsp3) is 0.778. The molecule has 1 aliphatic heterocycles. The van der Waals surface area contributed by atoms with Crippen LogP contribution in [0.3, 0.4) is 0 Å². The highest BCUT2D eigenvalue weighted by Crippen LogP contribution is 1.91. The van der Waals surface area contributed by atoms with E-state index >= 15 is 0 Å². The quantitative estimate of drug-likeness (QED) is 0.707. The molecule has 0 N–H and O–H groups in total. The van der Waals surface area contributed by atoms with Crippen molar-refractivity contribution in [3.8, 4) is 0 Å². The van der Waals surface area contributed by atoms with E-state index < -0.39 is 0 Å². The van der Waals surface area contributed by atoms with Crippen molar-refractivity contribution in [3.05, 3.63) is 24.4 Å². The van der Waals surface area contributed by atoms with E-state index in [9.17, 15) is 0 Å². The van der Waals surface area contributed by atoms with Gasteiger partial charge in [-0.05, 0) is 51.5 Å². The predicted octanol–water partition coefficient (Wildman–Crippen LogP) is 4.16. The predicted molar refractivity (Wildman–Crippen MR) is 105 cm³/mol. The zero-order valence-electron chi connectivity index (χ0n) is 16.8. The monoisotopic (exact) mass is 357 g/mol. The molecule has 6 heteroatoms. The van der Waals surface area contributed by atoms with Gasteiger partial charge >= 0.3 is 0 Å². The van der Waals surface area contributed by atoms with Crippen molar-refractivity contribution in [3.63, 3.8) is 0 Å². The van der Waals surface area contributed by atoms with Gasteiger partial charge in [0.15, 0.2) is 0 Å². The molecule has 1 heterocycles. The third kappa shape index (κ3) is 23.3. The van der Waals surface area contributed by atoms with Crippen LogP contribution in [0.5, 0.6) is 0 Å². The zero-order chi connectivity index (χ0) is 16.5. The summed E-state index contributed by atoms with van der Waals surface area (Å²) in [6, 6.07) is 0. The van der Waals surface area contributed by atoms with Gasteiger partial charge in [0, 0.05) is 13.6 Å². The highest BCUT2D eigenvalue weighted by atomic mass is 19.0. The highest BCUT2D eigenvalue weighted by Gasteiger charge is 1.89. The molecule has 1 aliphatic rings. The molecule has 0 atom stereocenters. The van der Waals surface area contributed by atoms with Crippen molar-refractivity contribution in [2.45, 2.75) is 41.5 Å². The van der Waals surface area contributed by atoms with E-state index in [1.807, 2.05) is 6.08 Å². The fourth-order valence-corrected chi connectivity index (χ4v) is 1.90. The lowest BCUT2D eigenvalue weighted by Crippen LogP contribution is -2.21. The number of nitrogens with zero attached hydrogens (tertiary/aromatic N) is 3. The number of allylic oxidation sites excluding steroid dienone is 2. The summed E-state index contributed by atoms with van der Waals surface area (Å²) in [5, 5.41) is 0. The Hall–Kier alpha value is -1.01. The van der Waals surface area contributed by atoms with Crippen LogP contribution in [0.4, 0.5) is 14.1 Å². The van der Waals surface area contributed by atoms with Gasteiger partial charge in [0.25, 0.3) is 0 Å². The van der Waals surface area contributed by atoms with Crippen molar-refractivity contribution < 1.29 is 14.1 Å². The first-order valence-corrected chi connectivity index (χ1v) is 8.57. The van der Waals surface area contributed by atoms with E-state index in [1.54, 1.807) is 0 Å². The third-order valence-corrected chi connectivity index (χ3v) is 3.66. The smallest absolute Gasteiger partial charge is 0.0353 e. The molecular weight excluding hydrogens is 315 g/mol. The summed E-state index contributed by atoms with van der Waals surface area (Å²) in [5.41, 5.74) is 0. The van der Waals surface area contributed by atoms with Gasteiger partial charge in [0.05, 0.1) is 0 Å². The van der Waals surface area contributed by atoms with Crippen molar-refractivity contribution in [2.24, 2.45) is 0 Å². The Morgan fingerprint density at radius 3 is 1.08 bits per heavy atom. The Kier molecular flexibility index (Phi) is 38.5. The normalized spacial score (nSPS) is 11.3. The minimum Gasteiger partial charge on any atom is -0.377 e. The summed E-state index contributed by atoms with van der Waals surface area (Å²) in [6.07, 6.45) is 8.27. The van der Waals surface area contributed by atoms with Gasteiger partial charge in [-0.2, -0.15) is 0 Å². The third-order valence-electron chi connectivity index (χ3n) is 3.66. The number of hydrogen-bond donors (Lipinski definition) is 0.